The van der Waals surface area contributed by atoms with Crippen molar-refractivity contribution in [1.29, 1.82) is 0 Å². The summed E-state index contributed by atoms with van der Waals surface area (Å²) in [5, 5.41) is 36.7. The molecule has 1 radical (unpaired) electrons. The van der Waals surface area contributed by atoms with Crippen LogP contribution in [0.4, 0.5) is 0 Å². The first-order chi connectivity index (χ1) is 7.21. The van der Waals surface area contributed by atoms with Crippen LogP contribution >= 0.6 is 0 Å². The Kier molecular flexibility index (Phi) is 5.36. The van der Waals surface area contributed by atoms with Crippen molar-refractivity contribution < 1.29 is 34.8 Å². The minimum absolute atomic E-state index is 0.0224. The quantitative estimate of drug-likeness (QED) is 0.504. The van der Waals surface area contributed by atoms with E-state index in [9.17, 15) is 14.7 Å². The van der Waals surface area contributed by atoms with Gasteiger partial charge >= 0.3 is 11.9 Å². The Labute approximate surface area is 92.3 Å². The number of hydrogen-bond donors (Lipinski definition) is 3. The average Bonchev–Trinajstić information content (AvgIpc) is 2.14. The van der Waals surface area contributed by atoms with Crippen LogP contribution in [0.15, 0.2) is 0 Å². The van der Waals surface area contributed by atoms with Crippen LogP contribution in [-0.4, -0.2) is 51.7 Å². The summed E-state index contributed by atoms with van der Waals surface area (Å²) in [5.74, 6) is -3.00. The number of esters is 1. The molecule has 0 aromatic rings. The summed E-state index contributed by atoms with van der Waals surface area (Å²) in [6.07, 6.45) is -4.38. The Morgan fingerprint density at radius 1 is 1.25 bits per heavy atom. The highest BCUT2D eigenvalue weighted by molar-refractivity contribution is 5.84. The summed E-state index contributed by atoms with van der Waals surface area (Å²) in [7, 11) is 0. The summed E-state index contributed by atoms with van der Waals surface area (Å²) >= 11 is 0. The first kappa shape index (κ1) is 14.8. The molecule has 7 heteroatoms. The van der Waals surface area contributed by atoms with Crippen molar-refractivity contribution in [3.05, 3.63) is 0 Å². The number of carboxylic acids is 1. The number of aliphatic carboxylic acids is 1. The molecule has 7 nitrogen and oxygen atoms in total. The lowest BCUT2D eigenvalue weighted by Crippen LogP contribution is -2.43. The first-order valence-electron chi connectivity index (χ1n) is 4.61. The highest BCUT2D eigenvalue weighted by Crippen LogP contribution is 2.15. The van der Waals surface area contributed by atoms with Crippen LogP contribution in [0.2, 0.25) is 0 Å². The fourth-order valence-corrected chi connectivity index (χ4v) is 0.893. The third kappa shape index (κ3) is 4.56. The van der Waals surface area contributed by atoms with E-state index in [1.54, 1.807) is 0 Å². The van der Waals surface area contributed by atoms with E-state index in [0.29, 0.717) is 0 Å². The average molecular weight is 235 g/mol. The molecule has 0 aromatic carbocycles. The standard InChI is InChI=1S/C9H15O7/c1-9(2,3-4-10)16-8(15)6(12)5(11)7(13)14/h5-6,11-12H,3-4H2,1-2H3,(H,13,14). The fraction of sp³-hybridized carbons (Fsp3) is 0.778. The smallest absolute Gasteiger partial charge is 0.338 e. The van der Waals surface area contributed by atoms with Crippen LogP contribution in [0, 0.1) is 0 Å². The van der Waals surface area contributed by atoms with Crippen molar-refractivity contribution in [3.63, 3.8) is 0 Å². The fourth-order valence-electron chi connectivity index (χ4n) is 0.893. The number of aliphatic hydroxyl groups excluding tert-OH is 2. The lowest BCUT2D eigenvalue weighted by atomic mass is 10.1. The molecule has 0 fully saturated rings. The molecular formula is C9H15O7. The number of hydrogen-bond acceptors (Lipinski definition) is 5. The molecule has 16 heavy (non-hydrogen) atoms. The maximum Gasteiger partial charge on any atom is 0.338 e. The van der Waals surface area contributed by atoms with Gasteiger partial charge in [-0.05, 0) is 13.8 Å². The molecule has 0 aliphatic heterocycles. The van der Waals surface area contributed by atoms with Gasteiger partial charge in [0.15, 0.2) is 12.2 Å². The van der Waals surface area contributed by atoms with Crippen LogP contribution in [0.3, 0.4) is 0 Å². The van der Waals surface area contributed by atoms with Crippen molar-refractivity contribution in [3.8, 4) is 0 Å². The van der Waals surface area contributed by atoms with Crippen LogP contribution in [0.5, 0.6) is 0 Å². The van der Waals surface area contributed by atoms with E-state index < -0.39 is 36.4 Å². The van der Waals surface area contributed by atoms with Gasteiger partial charge in [0.25, 0.3) is 0 Å². The number of aliphatic hydroxyl groups is 2. The van der Waals surface area contributed by atoms with E-state index in [2.05, 4.69) is 0 Å². The highest BCUT2D eigenvalue weighted by atomic mass is 16.6. The Morgan fingerprint density at radius 2 is 1.75 bits per heavy atom. The zero-order valence-electron chi connectivity index (χ0n) is 9.04. The Bertz CT molecular complexity index is 261. The molecule has 0 saturated heterocycles. The molecule has 2 unspecified atom stereocenters. The molecule has 0 rings (SSSR count). The summed E-state index contributed by atoms with van der Waals surface area (Å²) in [5.41, 5.74) is -1.10. The van der Waals surface area contributed by atoms with E-state index in [1.165, 1.54) is 13.8 Å². The Balaban J connectivity index is 4.41. The summed E-state index contributed by atoms with van der Waals surface area (Å²) in [4.78, 5) is 21.5. The molecule has 0 aromatic heterocycles. The summed E-state index contributed by atoms with van der Waals surface area (Å²) in [6, 6.07) is 0. The number of carboxylic acid groups (broad SMARTS) is 1. The van der Waals surface area contributed by atoms with Gasteiger partial charge < -0.3 is 20.1 Å². The lowest BCUT2D eigenvalue weighted by molar-refractivity contribution is -0.180. The minimum Gasteiger partial charge on any atom is -0.479 e. The number of carbonyl (C=O) groups excluding carboxylic acids is 1. The predicted octanol–water partition coefficient (Wildman–Crippen LogP) is -1.06. The molecule has 0 spiro atoms. The van der Waals surface area contributed by atoms with Gasteiger partial charge in [-0.1, -0.05) is 0 Å². The molecule has 0 heterocycles. The van der Waals surface area contributed by atoms with E-state index in [-0.39, 0.29) is 6.42 Å². The molecule has 93 valence electrons. The monoisotopic (exact) mass is 235 g/mol. The molecule has 0 amide bonds. The maximum atomic E-state index is 11.2. The maximum absolute atomic E-state index is 11.2. The SMILES string of the molecule is CC(C)(CC[O])OC(=O)C(O)C(O)C(=O)O. The van der Waals surface area contributed by atoms with Gasteiger partial charge in [-0.2, -0.15) is 0 Å². The second kappa shape index (κ2) is 5.78. The third-order valence-electron chi connectivity index (χ3n) is 1.87. The van der Waals surface area contributed by atoms with E-state index in [1.807, 2.05) is 0 Å². The minimum atomic E-state index is -2.24. The van der Waals surface area contributed by atoms with Crippen molar-refractivity contribution in [2.45, 2.75) is 38.1 Å². The number of rotatable bonds is 6. The topological polar surface area (TPSA) is 124 Å². The van der Waals surface area contributed by atoms with Crippen molar-refractivity contribution in [2.24, 2.45) is 0 Å². The highest BCUT2D eigenvalue weighted by Gasteiger charge is 2.34. The molecule has 0 bridgehead atoms. The van der Waals surface area contributed by atoms with Crippen LogP contribution in [-0.2, 0) is 19.4 Å². The van der Waals surface area contributed by atoms with Gasteiger partial charge in [0, 0.05) is 6.42 Å². The zero-order valence-corrected chi connectivity index (χ0v) is 9.04. The van der Waals surface area contributed by atoms with Crippen molar-refractivity contribution in [2.75, 3.05) is 6.61 Å². The predicted molar refractivity (Wildman–Crippen MR) is 50.0 cm³/mol. The van der Waals surface area contributed by atoms with Crippen LogP contribution < -0.4 is 0 Å². The van der Waals surface area contributed by atoms with Gasteiger partial charge in [-0.25, -0.2) is 14.7 Å². The second-order valence-electron chi connectivity index (χ2n) is 3.86. The molecule has 3 N–H and O–H groups in total. The number of carbonyl (C=O) groups is 2. The largest absolute Gasteiger partial charge is 0.479 e. The summed E-state index contributed by atoms with van der Waals surface area (Å²) in [6.45, 7) is 2.42. The van der Waals surface area contributed by atoms with E-state index in [4.69, 9.17) is 20.1 Å². The molecule has 0 saturated carbocycles. The van der Waals surface area contributed by atoms with Crippen molar-refractivity contribution in [1.82, 2.24) is 0 Å². The lowest BCUT2D eigenvalue weighted by Gasteiger charge is -2.25. The summed E-state index contributed by atoms with van der Waals surface area (Å²) < 4.78 is 4.70. The normalized spacial score (nSPS) is 15.3. The Hall–Kier alpha value is -1.18. The molecule has 0 aliphatic carbocycles. The number of ether oxygens (including phenoxy) is 1. The van der Waals surface area contributed by atoms with Gasteiger partial charge in [0.05, 0.1) is 6.61 Å². The zero-order chi connectivity index (χ0) is 12.9. The molecular weight excluding hydrogens is 220 g/mol. The Morgan fingerprint density at radius 3 is 2.12 bits per heavy atom. The van der Waals surface area contributed by atoms with Crippen molar-refractivity contribution >= 4 is 11.9 Å². The third-order valence-corrected chi connectivity index (χ3v) is 1.87. The van der Waals surface area contributed by atoms with Gasteiger partial charge in [-0.15, -0.1) is 0 Å². The van der Waals surface area contributed by atoms with Crippen LogP contribution in [0.25, 0.3) is 0 Å². The van der Waals surface area contributed by atoms with E-state index >= 15 is 0 Å². The van der Waals surface area contributed by atoms with Crippen LogP contribution in [0.1, 0.15) is 20.3 Å². The molecule has 2 atom stereocenters. The van der Waals surface area contributed by atoms with E-state index in [0.717, 1.165) is 0 Å². The van der Waals surface area contributed by atoms with Gasteiger partial charge in [0.2, 0.25) is 0 Å². The molecule has 0 aliphatic rings. The van der Waals surface area contributed by atoms with Gasteiger partial charge in [0.1, 0.15) is 5.60 Å². The second-order valence-corrected chi connectivity index (χ2v) is 3.86. The van der Waals surface area contributed by atoms with Gasteiger partial charge in [-0.3, -0.25) is 0 Å². The first-order valence-corrected chi connectivity index (χ1v) is 4.61.